The second kappa shape index (κ2) is 6.10. The van der Waals surface area contributed by atoms with Crippen molar-refractivity contribution in [1.82, 2.24) is 9.78 Å². The number of carbonyl (C=O) groups excluding carboxylic acids is 1. The van der Waals surface area contributed by atoms with Gasteiger partial charge in [0.15, 0.2) is 0 Å². The summed E-state index contributed by atoms with van der Waals surface area (Å²) in [6.07, 6.45) is 2.17. The Morgan fingerprint density at radius 1 is 1.23 bits per heavy atom. The molecule has 1 aliphatic carbocycles. The van der Waals surface area contributed by atoms with Gasteiger partial charge in [-0.2, -0.15) is 5.10 Å². The normalized spacial score (nSPS) is 13.9. The fraction of sp³-hybridized carbons (Fsp3) is 0.267. The first-order valence-corrected chi connectivity index (χ1v) is 7.61. The van der Waals surface area contributed by atoms with E-state index in [2.05, 4.69) is 10.4 Å². The van der Waals surface area contributed by atoms with E-state index in [1.807, 2.05) is 0 Å². The van der Waals surface area contributed by atoms with Gasteiger partial charge >= 0.3 is 0 Å². The van der Waals surface area contributed by atoms with E-state index in [4.69, 9.17) is 23.2 Å². The molecule has 0 spiro atoms. The highest BCUT2D eigenvalue weighted by atomic mass is 35.5. The Morgan fingerprint density at radius 2 is 2.00 bits per heavy atom. The van der Waals surface area contributed by atoms with Gasteiger partial charge in [-0.1, -0.05) is 23.2 Å². The van der Waals surface area contributed by atoms with Crippen molar-refractivity contribution in [1.29, 1.82) is 0 Å². The largest absolute Gasteiger partial charge is 0.324 e. The van der Waals surface area contributed by atoms with Crippen molar-refractivity contribution in [2.45, 2.75) is 25.3 Å². The van der Waals surface area contributed by atoms with Crippen molar-refractivity contribution < 1.29 is 4.79 Å². The molecular weight excluding hydrogens is 325 g/mol. The molecular formula is C15H13Cl2N3O2. The lowest BCUT2D eigenvalue weighted by molar-refractivity contribution is -0.117. The standard InChI is InChI=1S/C15H13Cl2N3O2/c16-11-4-3-10(7-12(11)17)18-14(21)8-20-15(22)6-5-13(19-20)9-1-2-9/h3-7,9H,1-2,8H2,(H,18,21). The van der Waals surface area contributed by atoms with Crippen LogP contribution in [0.2, 0.25) is 10.0 Å². The Hall–Kier alpha value is -1.85. The first-order valence-electron chi connectivity index (χ1n) is 6.86. The number of carbonyl (C=O) groups is 1. The molecule has 114 valence electrons. The summed E-state index contributed by atoms with van der Waals surface area (Å²) >= 11 is 11.7. The summed E-state index contributed by atoms with van der Waals surface area (Å²) in [6, 6.07) is 7.97. The van der Waals surface area contributed by atoms with Crippen LogP contribution in [-0.4, -0.2) is 15.7 Å². The molecule has 0 aliphatic heterocycles. The smallest absolute Gasteiger partial charge is 0.267 e. The zero-order chi connectivity index (χ0) is 15.7. The Balaban J connectivity index is 1.72. The third-order valence-electron chi connectivity index (χ3n) is 3.38. The highest BCUT2D eigenvalue weighted by Gasteiger charge is 2.25. The topological polar surface area (TPSA) is 64.0 Å². The number of anilines is 1. The number of nitrogens with zero attached hydrogens (tertiary/aromatic N) is 2. The van der Waals surface area contributed by atoms with Gasteiger partial charge in [-0.25, -0.2) is 4.68 Å². The van der Waals surface area contributed by atoms with Crippen molar-refractivity contribution in [3.8, 4) is 0 Å². The van der Waals surface area contributed by atoms with Gasteiger partial charge in [0.1, 0.15) is 6.54 Å². The number of hydrogen-bond donors (Lipinski definition) is 1. The minimum Gasteiger partial charge on any atom is -0.324 e. The number of rotatable bonds is 4. The van der Waals surface area contributed by atoms with Crippen molar-refractivity contribution in [2.75, 3.05) is 5.32 Å². The van der Waals surface area contributed by atoms with E-state index in [0.29, 0.717) is 21.7 Å². The number of aromatic nitrogens is 2. The molecule has 1 N–H and O–H groups in total. The summed E-state index contributed by atoms with van der Waals surface area (Å²) in [7, 11) is 0. The molecule has 1 heterocycles. The van der Waals surface area contributed by atoms with E-state index in [1.165, 1.54) is 10.7 Å². The maximum atomic E-state index is 12.0. The average molecular weight is 338 g/mol. The number of halogens is 2. The number of nitrogens with one attached hydrogen (secondary N) is 1. The third kappa shape index (κ3) is 3.48. The highest BCUT2D eigenvalue weighted by molar-refractivity contribution is 6.42. The number of amides is 1. The van der Waals surface area contributed by atoms with Gasteiger partial charge < -0.3 is 5.32 Å². The summed E-state index contributed by atoms with van der Waals surface area (Å²) < 4.78 is 1.18. The summed E-state index contributed by atoms with van der Waals surface area (Å²) in [5.74, 6) is 0.0749. The second-order valence-electron chi connectivity index (χ2n) is 5.21. The predicted octanol–water partition coefficient (Wildman–Crippen LogP) is 3.07. The van der Waals surface area contributed by atoms with Crippen molar-refractivity contribution in [3.63, 3.8) is 0 Å². The Kier molecular flexibility index (Phi) is 4.18. The highest BCUT2D eigenvalue weighted by Crippen LogP contribution is 2.38. The molecule has 1 aromatic carbocycles. The van der Waals surface area contributed by atoms with Crippen LogP contribution >= 0.6 is 23.2 Å². The first kappa shape index (κ1) is 15.1. The van der Waals surface area contributed by atoms with Crippen LogP contribution in [0.15, 0.2) is 35.1 Å². The molecule has 1 aromatic heterocycles. The van der Waals surface area contributed by atoms with Crippen LogP contribution in [0.5, 0.6) is 0 Å². The van der Waals surface area contributed by atoms with Crippen molar-refractivity contribution >= 4 is 34.8 Å². The molecule has 0 unspecified atom stereocenters. The molecule has 0 bridgehead atoms. The molecule has 0 saturated heterocycles. The van der Waals surface area contributed by atoms with Crippen LogP contribution in [0.25, 0.3) is 0 Å². The van der Waals surface area contributed by atoms with E-state index < -0.39 is 0 Å². The van der Waals surface area contributed by atoms with Crippen LogP contribution < -0.4 is 10.9 Å². The molecule has 3 rings (SSSR count). The van der Waals surface area contributed by atoms with Crippen LogP contribution in [0.3, 0.4) is 0 Å². The van der Waals surface area contributed by atoms with E-state index in [1.54, 1.807) is 24.3 Å². The lowest BCUT2D eigenvalue weighted by Gasteiger charge is -2.08. The maximum absolute atomic E-state index is 12.0. The zero-order valence-electron chi connectivity index (χ0n) is 11.6. The van der Waals surface area contributed by atoms with Gasteiger partial charge in [-0.15, -0.1) is 0 Å². The summed E-state index contributed by atoms with van der Waals surface area (Å²) in [5, 5.41) is 7.68. The van der Waals surface area contributed by atoms with E-state index in [0.717, 1.165) is 18.5 Å². The molecule has 22 heavy (non-hydrogen) atoms. The fourth-order valence-corrected chi connectivity index (χ4v) is 2.38. The molecule has 1 amide bonds. The number of benzene rings is 1. The molecule has 1 fully saturated rings. The van der Waals surface area contributed by atoms with Gasteiger partial charge in [-0.3, -0.25) is 9.59 Å². The molecule has 7 heteroatoms. The Labute approximate surface area is 136 Å². The van der Waals surface area contributed by atoms with Crippen LogP contribution in [-0.2, 0) is 11.3 Å². The Bertz CT molecular complexity index is 785. The predicted molar refractivity (Wildman–Crippen MR) is 85.6 cm³/mol. The molecule has 1 aliphatic rings. The zero-order valence-corrected chi connectivity index (χ0v) is 13.1. The molecule has 1 saturated carbocycles. The lowest BCUT2D eigenvalue weighted by atomic mass is 10.3. The van der Waals surface area contributed by atoms with Crippen LogP contribution in [0.1, 0.15) is 24.5 Å². The minimum absolute atomic E-state index is 0.139. The van der Waals surface area contributed by atoms with Crippen LogP contribution in [0, 0.1) is 0 Å². The van der Waals surface area contributed by atoms with Crippen molar-refractivity contribution in [2.24, 2.45) is 0 Å². The lowest BCUT2D eigenvalue weighted by Crippen LogP contribution is -2.29. The molecule has 5 nitrogen and oxygen atoms in total. The molecule has 2 aromatic rings. The minimum atomic E-state index is -0.346. The van der Waals surface area contributed by atoms with E-state index in [9.17, 15) is 9.59 Å². The monoisotopic (exact) mass is 337 g/mol. The summed E-state index contributed by atoms with van der Waals surface area (Å²) in [5.41, 5.74) is 1.08. The van der Waals surface area contributed by atoms with Crippen LogP contribution in [0.4, 0.5) is 5.69 Å². The van der Waals surface area contributed by atoms with Gasteiger partial charge in [-0.05, 0) is 37.1 Å². The van der Waals surface area contributed by atoms with Gasteiger partial charge in [0.2, 0.25) is 5.91 Å². The SMILES string of the molecule is O=C(Cn1nc(C2CC2)ccc1=O)Nc1ccc(Cl)c(Cl)c1. The van der Waals surface area contributed by atoms with Crippen molar-refractivity contribution in [3.05, 3.63) is 56.4 Å². The Morgan fingerprint density at radius 3 is 2.68 bits per heavy atom. The third-order valence-corrected chi connectivity index (χ3v) is 4.12. The quantitative estimate of drug-likeness (QED) is 0.932. The number of hydrogen-bond acceptors (Lipinski definition) is 3. The molecule has 0 radical (unpaired) electrons. The van der Waals surface area contributed by atoms with Gasteiger partial charge in [0.05, 0.1) is 15.7 Å². The fourth-order valence-electron chi connectivity index (χ4n) is 2.09. The summed E-state index contributed by atoms with van der Waals surface area (Å²) in [6.45, 7) is -0.139. The van der Waals surface area contributed by atoms with E-state index >= 15 is 0 Å². The van der Waals surface area contributed by atoms with Gasteiger partial charge in [0.25, 0.3) is 5.56 Å². The summed E-state index contributed by atoms with van der Waals surface area (Å²) in [4.78, 5) is 23.8. The van der Waals surface area contributed by atoms with Gasteiger partial charge in [0, 0.05) is 17.7 Å². The molecule has 0 atom stereocenters. The van der Waals surface area contributed by atoms with E-state index in [-0.39, 0.29) is 18.0 Å². The maximum Gasteiger partial charge on any atom is 0.267 e. The second-order valence-corrected chi connectivity index (χ2v) is 6.02. The average Bonchev–Trinajstić information content (AvgIpc) is 3.30. The first-order chi connectivity index (χ1) is 10.5.